The van der Waals surface area contributed by atoms with Crippen molar-refractivity contribution < 1.29 is 23.9 Å². The highest BCUT2D eigenvalue weighted by atomic mass is 32.2. The highest BCUT2D eigenvalue weighted by molar-refractivity contribution is 7.98. The van der Waals surface area contributed by atoms with Gasteiger partial charge in [0.2, 0.25) is 5.91 Å². The van der Waals surface area contributed by atoms with Crippen molar-refractivity contribution in [2.24, 2.45) is 5.73 Å². The van der Waals surface area contributed by atoms with Crippen molar-refractivity contribution in [3.8, 4) is 0 Å². The molecule has 0 saturated heterocycles. The Bertz CT molecular complexity index is 630. The summed E-state index contributed by atoms with van der Waals surface area (Å²) >= 11 is 1.76. The SMILES string of the molecule is CSCCC(C)NC(=O)CN(CCNCCCC(=O)OC(C)C)CCN(CCN)C(=O)OC(C)(C)C. The first-order chi connectivity index (χ1) is 16.9. The number of esters is 1. The number of nitrogens with zero attached hydrogens (tertiary/aromatic N) is 2. The van der Waals surface area contributed by atoms with Gasteiger partial charge >= 0.3 is 12.1 Å². The molecule has 1 unspecified atom stereocenters. The number of nitrogens with two attached hydrogens (primary N) is 1. The van der Waals surface area contributed by atoms with Gasteiger partial charge in [0, 0.05) is 51.7 Å². The molecule has 0 heterocycles. The Morgan fingerprint density at radius 3 is 2.31 bits per heavy atom. The van der Waals surface area contributed by atoms with Crippen LogP contribution in [0, 0.1) is 0 Å². The van der Waals surface area contributed by atoms with E-state index in [9.17, 15) is 14.4 Å². The number of ether oxygens (including phenoxy) is 2. The molecule has 0 saturated carbocycles. The maximum atomic E-state index is 12.7. The summed E-state index contributed by atoms with van der Waals surface area (Å²) in [5, 5.41) is 6.38. The highest BCUT2D eigenvalue weighted by Gasteiger charge is 2.22. The first-order valence-corrected chi connectivity index (χ1v) is 14.4. The molecule has 0 rings (SSSR count). The minimum atomic E-state index is -0.595. The van der Waals surface area contributed by atoms with Gasteiger partial charge in [-0.1, -0.05) is 0 Å². The van der Waals surface area contributed by atoms with Gasteiger partial charge in [-0.2, -0.15) is 11.8 Å². The molecule has 0 fully saturated rings. The van der Waals surface area contributed by atoms with Gasteiger partial charge in [0.25, 0.3) is 0 Å². The standard InChI is InChI=1S/C25H51N5O5S/c1-20(2)34-23(32)9-8-12-27-13-15-29(19-22(31)28-21(3)10-18-36-7)16-17-30(14-11-26)24(33)35-25(4,5)6/h20-21,27H,8-19,26H2,1-7H3,(H,28,31). The maximum Gasteiger partial charge on any atom is 0.410 e. The Labute approximate surface area is 222 Å². The van der Waals surface area contributed by atoms with E-state index >= 15 is 0 Å². The molecule has 2 amide bonds. The second kappa shape index (κ2) is 19.5. The van der Waals surface area contributed by atoms with Crippen LogP contribution in [-0.4, -0.2) is 110 Å². The normalized spacial score (nSPS) is 12.5. The van der Waals surface area contributed by atoms with Crippen molar-refractivity contribution in [1.82, 2.24) is 20.4 Å². The van der Waals surface area contributed by atoms with Gasteiger partial charge in [-0.3, -0.25) is 14.5 Å². The molecule has 0 radical (unpaired) electrons. The molecule has 0 aliphatic carbocycles. The average molecular weight is 534 g/mol. The highest BCUT2D eigenvalue weighted by Crippen LogP contribution is 2.10. The van der Waals surface area contributed by atoms with Gasteiger partial charge in [-0.15, -0.1) is 0 Å². The molecule has 0 aromatic rings. The van der Waals surface area contributed by atoms with Crippen LogP contribution in [0.1, 0.15) is 60.8 Å². The van der Waals surface area contributed by atoms with Crippen LogP contribution in [0.25, 0.3) is 0 Å². The largest absolute Gasteiger partial charge is 0.463 e. The lowest BCUT2D eigenvalue weighted by Crippen LogP contribution is -2.47. The molecule has 0 spiro atoms. The number of hydrogen-bond donors (Lipinski definition) is 3. The van der Waals surface area contributed by atoms with Crippen molar-refractivity contribution in [2.75, 3.05) is 64.4 Å². The Morgan fingerprint density at radius 1 is 1.03 bits per heavy atom. The fourth-order valence-corrected chi connectivity index (χ4v) is 3.83. The summed E-state index contributed by atoms with van der Waals surface area (Å²) in [5.74, 6) is 0.759. The first kappa shape index (κ1) is 34.4. The van der Waals surface area contributed by atoms with Gasteiger partial charge in [-0.25, -0.2) is 4.79 Å². The minimum Gasteiger partial charge on any atom is -0.463 e. The van der Waals surface area contributed by atoms with E-state index in [1.54, 1.807) is 16.7 Å². The molecule has 0 bridgehead atoms. The summed E-state index contributed by atoms with van der Waals surface area (Å²) in [5.41, 5.74) is 5.12. The Balaban J connectivity index is 4.85. The second-order valence-electron chi connectivity index (χ2n) is 10.2. The van der Waals surface area contributed by atoms with Gasteiger partial charge < -0.3 is 30.7 Å². The zero-order valence-electron chi connectivity index (χ0n) is 23.6. The Kier molecular flexibility index (Phi) is 18.7. The quantitative estimate of drug-likeness (QED) is 0.169. The van der Waals surface area contributed by atoms with E-state index in [1.807, 2.05) is 52.7 Å². The van der Waals surface area contributed by atoms with Crippen LogP contribution in [-0.2, 0) is 19.1 Å². The maximum absolute atomic E-state index is 12.7. The molecular weight excluding hydrogens is 482 g/mol. The number of thioether (sulfide) groups is 1. The third-order valence-corrected chi connectivity index (χ3v) is 5.62. The first-order valence-electron chi connectivity index (χ1n) is 13.0. The number of carbonyl (C=O) groups excluding carboxylic acids is 3. The average Bonchev–Trinajstić information content (AvgIpc) is 2.75. The predicted molar refractivity (Wildman–Crippen MR) is 147 cm³/mol. The van der Waals surface area contributed by atoms with Crippen LogP contribution < -0.4 is 16.4 Å². The molecule has 1 atom stereocenters. The van der Waals surface area contributed by atoms with E-state index in [2.05, 4.69) is 10.6 Å². The fraction of sp³-hybridized carbons (Fsp3) is 0.880. The van der Waals surface area contributed by atoms with E-state index in [-0.39, 0.29) is 30.6 Å². The van der Waals surface area contributed by atoms with Crippen molar-refractivity contribution in [3.63, 3.8) is 0 Å². The Hall–Kier alpha value is -1.56. The van der Waals surface area contributed by atoms with Crippen LogP contribution >= 0.6 is 11.8 Å². The van der Waals surface area contributed by atoms with Crippen molar-refractivity contribution in [2.45, 2.75) is 78.6 Å². The van der Waals surface area contributed by atoms with Gasteiger partial charge in [0.15, 0.2) is 0 Å². The minimum absolute atomic E-state index is 0.0392. The molecule has 36 heavy (non-hydrogen) atoms. The number of hydrogen-bond acceptors (Lipinski definition) is 9. The molecule has 0 aromatic heterocycles. The molecular formula is C25H51N5O5S. The summed E-state index contributed by atoms with van der Waals surface area (Å²) in [6, 6.07) is 0.103. The molecule has 0 aliphatic heterocycles. The number of rotatable bonds is 19. The number of nitrogens with one attached hydrogen (secondary N) is 2. The van der Waals surface area contributed by atoms with E-state index < -0.39 is 11.7 Å². The fourth-order valence-electron chi connectivity index (χ4n) is 3.24. The summed E-state index contributed by atoms with van der Waals surface area (Å²) in [6.07, 6.45) is 3.50. The third kappa shape index (κ3) is 19.6. The van der Waals surface area contributed by atoms with Crippen LogP contribution in [0.2, 0.25) is 0 Å². The molecule has 212 valence electrons. The zero-order valence-corrected chi connectivity index (χ0v) is 24.4. The van der Waals surface area contributed by atoms with Gasteiger partial charge in [0.1, 0.15) is 5.60 Å². The lowest BCUT2D eigenvalue weighted by atomic mass is 10.2. The van der Waals surface area contributed by atoms with Gasteiger partial charge in [-0.05, 0) is 72.9 Å². The van der Waals surface area contributed by atoms with Crippen LogP contribution in [0.4, 0.5) is 4.79 Å². The van der Waals surface area contributed by atoms with Crippen LogP contribution in [0.15, 0.2) is 0 Å². The molecule has 10 nitrogen and oxygen atoms in total. The topological polar surface area (TPSA) is 126 Å². The molecule has 0 aromatic carbocycles. The van der Waals surface area contributed by atoms with Crippen molar-refractivity contribution in [1.29, 1.82) is 0 Å². The Morgan fingerprint density at radius 2 is 1.72 bits per heavy atom. The van der Waals surface area contributed by atoms with Crippen LogP contribution in [0.3, 0.4) is 0 Å². The lowest BCUT2D eigenvalue weighted by molar-refractivity contribution is -0.147. The van der Waals surface area contributed by atoms with E-state index in [0.29, 0.717) is 58.7 Å². The predicted octanol–water partition coefficient (Wildman–Crippen LogP) is 2.06. The van der Waals surface area contributed by atoms with Gasteiger partial charge in [0.05, 0.1) is 12.6 Å². The second-order valence-corrected chi connectivity index (χ2v) is 11.2. The number of carbonyl (C=O) groups is 3. The van der Waals surface area contributed by atoms with Crippen molar-refractivity contribution in [3.05, 3.63) is 0 Å². The molecule has 11 heteroatoms. The van der Waals surface area contributed by atoms with E-state index in [1.165, 1.54) is 0 Å². The zero-order chi connectivity index (χ0) is 27.6. The summed E-state index contributed by atoms with van der Waals surface area (Å²) in [4.78, 5) is 40.5. The molecule has 0 aliphatic rings. The monoisotopic (exact) mass is 533 g/mol. The molecule has 4 N–H and O–H groups in total. The van der Waals surface area contributed by atoms with E-state index in [4.69, 9.17) is 15.2 Å². The summed E-state index contributed by atoms with van der Waals surface area (Å²) < 4.78 is 10.7. The number of amides is 2. The van der Waals surface area contributed by atoms with Crippen LogP contribution in [0.5, 0.6) is 0 Å². The van der Waals surface area contributed by atoms with Crippen molar-refractivity contribution >= 4 is 29.7 Å². The smallest absolute Gasteiger partial charge is 0.410 e. The summed E-state index contributed by atoms with van der Waals surface area (Å²) in [7, 11) is 0. The lowest BCUT2D eigenvalue weighted by Gasteiger charge is -2.30. The third-order valence-electron chi connectivity index (χ3n) is 4.97. The van der Waals surface area contributed by atoms with E-state index in [0.717, 1.165) is 12.2 Å². The summed E-state index contributed by atoms with van der Waals surface area (Å²) in [6.45, 7) is 15.0.